The number of rotatable bonds is 8. The quantitative estimate of drug-likeness (QED) is 0.272. The summed E-state index contributed by atoms with van der Waals surface area (Å²) in [6.07, 6.45) is 2.87. The molecule has 0 atom stereocenters. The SMILES string of the molecule is O=C(/C=C/SCc1ccco1)OCC(=O)N1CCN(c2ccc([N+](=O)[O-])cc2)CC1. The van der Waals surface area contributed by atoms with Crippen LogP contribution in [0.2, 0.25) is 0 Å². The number of hydrogen-bond donors (Lipinski definition) is 0. The van der Waals surface area contributed by atoms with Crippen LogP contribution in [0, 0.1) is 10.1 Å². The van der Waals surface area contributed by atoms with Crippen molar-refractivity contribution >= 4 is 35.0 Å². The fourth-order valence-electron chi connectivity index (χ4n) is 2.90. The Hall–Kier alpha value is -3.27. The summed E-state index contributed by atoms with van der Waals surface area (Å²) in [5, 5.41) is 12.4. The zero-order chi connectivity index (χ0) is 21.3. The highest BCUT2D eigenvalue weighted by molar-refractivity contribution is 8.01. The largest absolute Gasteiger partial charge is 0.468 e. The average molecular weight is 431 g/mol. The molecule has 1 fully saturated rings. The molecule has 1 aliphatic heterocycles. The Kier molecular flexibility index (Phi) is 7.50. The number of hydrogen-bond acceptors (Lipinski definition) is 8. The number of ether oxygens (including phenoxy) is 1. The van der Waals surface area contributed by atoms with E-state index in [1.807, 2.05) is 6.07 Å². The van der Waals surface area contributed by atoms with Crippen molar-refractivity contribution in [3.8, 4) is 0 Å². The second-order valence-corrected chi connectivity index (χ2v) is 7.34. The van der Waals surface area contributed by atoms with Gasteiger partial charge in [-0.05, 0) is 29.7 Å². The predicted octanol–water partition coefficient (Wildman–Crippen LogP) is 2.83. The van der Waals surface area contributed by atoms with Crippen LogP contribution in [0.1, 0.15) is 5.76 Å². The number of nitrogens with zero attached hydrogens (tertiary/aromatic N) is 3. The van der Waals surface area contributed by atoms with Gasteiger partial charge in [-0.3, -0.25) is 14.9 Å². The smallest absolute Gasteiger partial charge is 0.331 e. The summed E-state index contributed by atoms with van der Waals surface area (Å²) in [7, 11) is 0. The minimum absolute atomic E-state index is 0.0443. The summed E-state index contributed by atoms with van der Waals surface area (Å²) in [6.45, 7) is 1.87. The molecule has 3 rings (SSSR count). The first-order chi connectivity index (χ1) is 14.5. The molecule has 1 aliphatic rings. The van der Waals surface area contributed by atoms with Crippen LogP contribution < -0.4 is 4.90 Å². The molecule has 9 nitrogen and oxygen atoms in total. The number of piperazine rings is 1. The van der Waals surface area contributed by atoms with Crippen LogP contribution in [-0.2, 0) is 20.1 Å². The first-order valence-corrected chi connectivity index (χ1v) is 10.3. The van der Waals surface area contributed by atoms with Crippen LogP contribution in [0.5, 0.6) is 0 Å². The zero-order valence-electron chi connectivity index (χ0n) is 16.1. The number of thioether (sulfide) groups is 1. The number of non-ortho nitro benzene ring substituents is 1. The predicted molar refractivity (Wildman–Crippen MR) is 112 cm³/mol. The van der Waals surface area contributed by atoms with Crippen LogP contribution in [0.4, 0.5) is 11.4 Å². The van der Waals surface area contributed by atoms with Gasteiger partial charge in [0.05, 0.1) is 16.9 Å². The minimum atomic E-state index is -0.570. The Morgan fingerprint density at radius 2 is 1.90 bits per heavy atom. The van der Waals surface area contributed by atoms with E-state index < -0.39 is 10.9 Å². The molecule has 2 aromatic rings. The van der Waals surface area contributed by atoms with Crippen LogP contribution in [0.25, 0.3) is 0 Å². The van der Waals surface area contributed by atoms with E-state index in [4.69, 9.17) is 9.15 Å². The molecule has 1 saturated heterocycles. The maximum atomic E-state index is 12.3. The number of amides is 1. The number of anilines is 1. The number of nitro groups is 1. The van der Waals surface area contributed by atoms with E-state index in [0.29, 0.717) is 31.9 Å². The normalized spacial score (nSPS) is 14.1. The number of nitro benzene ring substituents is 1. The molecule has 0 unspecified atom stereocenters. The number of carbonyl (C=O) groups excluding carboxylic acids is 2. The Morgan fingerprint density at radius 3 is 2.53 bits per heavy atom. The molecule has 158 valence electrons. The third-order valence-electron chi connectivity index (χ3n) is 4.50. The van der Waals surface area contributed by atoms with Crippen molar-refractivity contribution in [2.45, 2.75) is 5.75 Å². The molecule has 0 N–H and O–H groups in total. The second kappa shape index (κ2) is 10.5. The lowest BCUT2D eigenvalue weighted by Crippen LogP contribution is -2.49. The fourth-order valence-corrected chi connectivity index (χ4v) is 3.53. The molecule has 1 aromatic heterocycles. The van der Waals surface area contributed by atoms with Crippen LogP contribution >= 0.6 is 11.8 Å². The van der Waals surface area contributed by atoms with Gasteiger partial charge in [-0.25, -0.2) is 4.79 Å². The summed E-state index contributed by atoms with van der Waals surface area (Å²) >= 11 is 1.39. The van der Waals surface area contributed by atoms with Crippen LogP contribution in [0.3, 0.4) is 0 Å². The number of benzene rings is 1. The van der Waals surface area contributed by atoms with Gasteiger partial charge in [-0.2, -0.15) is 0 Å². The van der Waals surface area contributed by atoms with Crippen molar-refractivity contribution in [2.75, 3.05) is 37.7 Å². The lowest BCUT2D eigenvalue weighted by Gasteiger charge is -2.36. The monoisotopic (exact) mass is 431 g/mol. The Balaban J connectivity index is 1.36. The summed E-state index contributed by atoms with van der Waals surface area (Å²) in [4.78, 5) is 38.0. The molecule has 2 heterocycles. The Labute approximate surface area is 177 Å². The highest BCUT2D eigenvalue weighted by atomic mass is 32.2. The molecule has 0 saturated carbocycles. The third-order valence-corrected chi connectivity index (χ3v) is 5.28. The van der Waals surface area contributed by atoms with Gasteiger partial charge in [0.25, 0.3) is 11.6 Å². The topological polar surface area (TPSA) is 106 Å². The van der Waals surface area contributed by atoms with Gasteiger partial charge in [0, 0.05) is 50.1 Å². The van der Waals surface area contributed by atoms with E-state index in [1.54, 1.807) is 34.8 Å². The molecule has 0 bridgehead atoms. The molecular formula is C20H21N3O6S. The molecule has 10 heteroatoms. The van der Waals surface area contributed by atoms with Gasteiger partial charge >= 0.3 is 5.97 Å². The Morgan fingerprint density at radius 1 is 1.17 bits per heavy atom. The molecule has 1 aromatic carbocycles. The van der Waals surface area contributed by atoms with Crippen molar-refractivity contribution in [1.82, 2.24) is 4.90 Å². The van der Waals surface area contributed by atoms with Crippen molar-refractivity contribution in [1.29, 1.82) is 0 Å². The lowest BCUT2D eigenvalue weighted by molar-refractivity contribution is -0.384. The standard InChI is InChI=1S/C20H21N3O6S/c24-19(14-29-20(25)7-13-30-15-18-2-1-12-28-18)22-10-8-21(9-11-22)16-3-5-17(6-4-16)23(26)27/h1-7,12-13H,8-11,14-15H2/b13-7+. The molecule has 30 heavy (non-hydrogen) atoms. The van der Waals surface area contributed by atoms with E-state index >= 15 is 0 Å². The fraction of sp³-hybridized carbons (Fsp3) is 0.300. The van der Waals surface area contributed by atoms with Crippen molar-refractivity contribution in [2.24, 2.45) is 0 Å². The molecular weight excluding hydrogens is 410 g/mol. The van der Waals surface area contributed by atoms with E-state index in [0.717, 1.165) is 11.4 Å². The number of esters is 1. The summed E-state index contributed by atoms with van der Waals surface area (Å²) < 4.78 is 10.2. The van der Waals surface area contributed by atoms with Crippen molar-refractivity contribution in [3.05, 3.63) is 70.0 Å². The summed E-state index contributed by atoms with van der Waals surface area (Å²) in [5.74, 6) is 0.596. The van der Waals surface area contributed by atoms with Gasteiger partial charge in [0.2, 0.25) is 0 Å². The van der Waals surface area contributed by atoms with E-state index in [1.165, 1.54) is 30.0 Å². The third kappa shape index (κ3) is 6.11. The first kappa shape index (κ1) is 21.4. The molecule has 1 amide bonds. The van der Waals surface area contributed by atoms with Crippen molar-refractivity contribution < 1.29 is 23.7 Å². The average Bonchev–Trinajstić information content (AvgIpc) is 3.29. The van der Waals surface area contributed by atoms with Gasteiger partial charge in [-0.1, -0.05) is 0 Å². The highest BCUT2D eigenvalue weighted by Crippen LogP contribution is 2.20. The zero-order valence-corrected chi connectivity index (χ0v) is 17.0. The molecule has 0 spiro atoms. The molecule has 0 aliphatic carbocycles. The van der Waals surface area contributed by atoms with Crippen LogP contribution in [-0.4, -0.2) is 54.5 Å². The van der Waals surface area contributed by atoms with E-state index in [-0.39, 0.29) is 18.2 Å². The van der Waals surface area contributed by atoms with Crippen LogP contribution in [0.15, 0.2) is 58.6 Å². The summed E-state index contributed by atoms with van der Waals surface area (Å²) in [6, 6.07) is 9.98. The minimum Gasteiger partial charge on any atom is -0.468 e. The molecule has 0 radical (unpaired) electrons. The van der Waals surface area contributed by atoms with Crippen molar-refractivity contribution in [3.63, 3.8) is 0 Å². The lowest BCUT2D eigenvalue weighted by atomic mass is 10.2. The van der Waals surface area contributed by atoms with Gasteiger partial charge in [-0.15, -0.1) is 11.8 Å². The maximum absolute atomic E-state index is 12.3. The second-order valence-electron chi connectivity index (χ2n) is 6.44. The number of carbonyl (C=O) groups is 2. The van der Waals surface area contributed by atoms with Gasteiger partial charge in [0.1, 0.15) is 5.76 Å². The van der Waals surface area contributed by atoms with Gasteiger partial charge in [0.15, 0.2) is 6.61 Å². The van der Waals surface area contributed by atoms with E-state index in [2.05, 4.69) is 4.90 Å². The Bertz CT molecular complexity index is 890. The van der Waals surface area contributed by atoms with Gasteiger partial charge < -0.3 is 19.0 Å². The highest BCUT2D eigenvalue weighted by Gasteiger charge is 2.22. The summed E-state index contributed by atoms with van der Waals surface area (Å²) in [5.41, 5.74) is 0.916. The number of furan rings is 1. The van der Waals surface area contributed by atoms with E-state index in [9.17, 15) is 19.7 Å². The first-order valence-electron chi connectivity index (χ1n) is 9.27. The maximum Gasteiger partial charge on any atom is 0.331 e.